The molecule has 1 aliphatic rings. The number of hydrogen-bond donors (Lipinski definition) is 1. The molecule has 0 bridgehead atoms. The highest BCUT2D eigenvalue weighted by atomic mass is 32.2. The van der Waals surface area contributed by atoms with Gasteiger partial charge in [0.2, 0.25) is 0 Å². The van der Waals surface area contributed by atoms with Crippen molar-refractivity contribution in [2.75, 3.05) is 12.3 Å². The maximum atomic E-state index is 4.15. The van der Waals surface area contributed by atoms with Crippen molar-refractivity contribution in [3.05, 3.63) is 12.2 Å². The first kappa shape index (κ1) is 13.1. The topological polar surface area (TPSA) is 12.0 Å². The van der Waals surface area contributed by atoms with Gasteiger partial charge in [-0.05, 0) is 44.9 Å². The Kier molecular flexibility index (Phi) is 5.20. The highest BCUT2D eigenvalue weighted by Crippen LogP contribution is 2.42. The average Bonchev–Trinajstić information content (AvgIpc) is 2.65. The van der Waals surface area contributed by atoms with E-state index in [-0.39, 0.29) is 0 Å². The van der Waals surface area contributed by atoms with Crippen LogP contribution in [0.25, 0.3) is 0 Å². The zero-order chi connectivity index (χ0) is 11.3. The van der Waals surface area contributed by atoms with Crippen LogP contribution in [0, 0.1) is 0 Å². The molecule has 2 unspecified atom stereocenters. The lowest BCUT2D eigenvalue weighted by molar-refractivity contribution is 0.403. The van der Waals surface area contributed by atoms with Gasteiger partial charge in [0, 0.05) is 10.8 Å². The van der Waals surface area contributed by atoms with Crippen LogP contribution in [0.3, 0.4) is 0 Å². The van der Waals surface area contributed by atoms with E-state index in [1.165, 1.54) is 24.2 Å². The van der Waals surface area contributed by atoms with E-state index in [2.05, 4.69) is 44.4 Å². The van der Waals surface area contributed by atoms with Gasteiger partial charge in [-0.3, -0.25) is 0 Å². The summed E-state index contributed by atoms with van der Waals surface area (Å²) in [4.78, 5) is 0. The van der Waals surface area contributed by atoms with E-state index in [0.717, 1.165) is 19.4 Å². The minimum Gasteiger partial charge on any atom is -0.313 e. The van der Waals surface area contributed by atoms with E-state index in [9.17, 15) is 0 Å². The van der Waals surface area contributed by atoms with Crippen molar-refractivity contribution in [1.29, 1.82) is 0 Å². The number of hydrogen-bond acceptors (Lipinski definition) is 2. The van der Waals surface area contributed by atoms with Crippen LogP contribution in [0.15, 0.2) is 12.2 Å². The van der Waals surface area contributed by atoms with Crippen molar-refractivity contribution in [1.82, 2.24) is 5.32 Å². The summed E-state index contributed by atoms with van der Waals surface area (Å²) < 4.78 is 0.439. The molecule has 0 aliphatic carbocycles. The Bertz CT molecular complexity index is 207. The molecule has 1 fully saturated rings. The average molecular weight is 227 g/mol. The molecule has 0 aromatic carbocycles. The molecule has 1 saturated heterocycles. The molecule has 0 amide bonds. The zero-order valence-electron chi connectivity index (χ0n) is 10.4. The van der Waals surface area contributed by atoms with Crippen LogP contribution in [0.2, 0.25) is 0 Å². The lowest BCUT2D eigenvalue weighted by Crippen LogP contribution is -2.45. The summed E-state index contributed by atoms with van der Waals surface area (Å²) in [5, 5.41) is 3.65. The van der Waals surface area contributed by atoms with Crippen LogP contribution in [0.1, 0.15) is 46.5 Å². The van der Waals surface area contributed by atoms with Gasteiger partial charge in [-0.1, -0.05) is 26.0 Å². The summed E-state index contributed by atoms with van der Waals surface area (Å²) >= 11 is 2.14. The number of thioether (sulfide) groups is 1. The maximum absolute atomic E-state index is 4.15. The highest BCUT2D eigenvalue weighted by Gasteiger charge is 2.37. The Morgan fingerprint density at radius 3 is 2.73 bits per heavy atom. The Morgan fingerprint density at radius 2 is 2.27 bits per heavy atom. The number of nitrogens with one attached hydrogen (secondary N) is 1. The summed E-state index contributed by atoms with van der Waals surface area (Å²) in [5.41, 5.74) is 1.38. The Morgan fingerprint density at radius 1 is 1.53 bits per heavy atom. The second kappa shape index (κ2) is 5.95. The molecule has 1 nitrogen and oxygen atoms in total. The quantitative estimate of drug-likeness (QED) is 0.696. The Balaban J connectivity index is 2.59. The molecular weight excluding hydrogens is 202 g/mol. The van der Waals surface area contributed by atoms with Crippen LogP contribution >= 0.6 is 11.8 Å². The Hall–Kier alpha value is 0.0500. The van der Waals surface area contributed by atoms with E-state index in [0.29, 0.717) is 10.8 Å². The summed E-state index contributed by atoms with van der Waals surface area (Å²) in [7, 11) is 0. The molecule has 88 valence electrons. The fourth-order valence-electron chi connectivity index (χ4n) is 2.26. The third kappa shape index (κ3) is 3.53. The van der Waals surface area contributed by atoms with E-state index >= 15 is 0 Å². The molecule has 0 radical (unpaired) electrons. The van der Waals surface area contributed by atoms with Crippen molar-refractivity contribution in [2.24, 2.45) is 0 Å². The highest BCUT2D eigenvalue weighted by molar-refractivity contribution is 8.00. The predicted molar refractivity (Wildman–Crippen MR) is 71.6 cm³/mol. The van der Waals surface area contributed by atoms with Crippen molar-refractivity contribution in [3.63, 3.8) is 0 Å². The first-order valence-corrected chi connectivity index (χ1v) is 7.15. The monoisotopic (exact) mass is 227 g/mol. The van der Waals surface area contributed by atoms with Gasteiger partial charge in [-0.25, -0.2) is 0 Å². The Labute approximate surface area is 99.1 Å². The third-order valence-electron chi connectivity index (χ3n) is 3.43. The van der Waals surface area contributed by atoms with Crippen LogP contribution in [-0.2, 0) is 0 Å². The molecule has 0 aromatic rings. The minimum absolute atomic E-state index is 0.439. The van der Waals surface area contributed by atoms with Crippen LogP contribution in [-0.4, -0.2) is 23.1 Å². The molecular formula is C13H25NS. The molecule has 1 rings (SSSR count). The van der Waals surface area contributed by atoms with E-state index in [4.69, 9.17) is 0 Å². The molecule has 15 heavy (non-hydrogen) atoms. The lowest BCUT2D eigenvalue weighted by atomic mass is 9.90. The van der Waals surface area contributed by atoms with Gasteiger partial charge in [0.25, 0.3) is 0 Å². The lowest BCUT2D eigenvalue weighted by Gasteiger charge is -2.34. The maximum Gasteiger partial charge on any atom is 0.0288 e. The SMILES string of the molecule is C=C(CC)CC(NCC)C1(C)CCCS1. The van der Waals surface area contributed by atoms with Gasteiger partial charge < -0.3 is 5.32 Å². The van der Waals surface area contributed by atoms with E-state index in [1.807, 2.05) is 0 Å². The van der Waals surface area contributed by atoms with Crippen molar-refractivity contribution < 1.29 is 0 Å². The molecule has 0 saturated carbocycles. The van der Waals surface area contributed by atoms with Crippen LogP contribution in [0.5, 0.6) is 0 Å². The standard InChI is InChI=1S/C13H25NS/c1-5-11(3)10-12(14-6-2)13(4)8-7-9-15-13/h12,14H,3,5-10H2,1-2,4H3. The fraction of sp³-hybridized carbons (Fsp3) is 0.846. The smallest absolute Gasteiger partial charge is 0.0288 e. The second-order valence-electron chi connectivity index (χ2n) is 4.68. The van der Waals surface area contributed by atoms with Crippen molar-refractivity contribution in [2.45, 2.75) is 57.2 Å². The third-order valence-corrected chi connectivity index (χ3v) is 5.07. The minimum atomic E-state index is 0.439. The van der Waals surface area contributed by atoms with Crippen molar-refractivity contribution >= 4 is 11.8 Å². The normalized spacial score (nSPS) is 27.9. The van der Waals surface area contributed by atoms with E-state index < -0.39 is 0 Å². The van der Waals surface area contributed by atoms with Gasteiger partial charge in [0.1, 0.15) is 0 Å². The van der Waals surface area contributed by atoms with Gasteiger partial charge >= 0.3 is 0 Å². The number of rotatable bonds is 6. The second-order valence-corrected chi connectivity index (χ2v) is 6.31. The molecule has 1 heterocycles. The summed E-state index contributed by atoms with van der Waals surface area (Å²) in [6, 6.07) is 0.613. The van der Waals surface area contributed by atoms with Crippen molar-refractivity contribution in [3.8, 4) is 0 Å². The van der Waals surface area contributed by atoms with Gasteiger partial charge in [0.15, 0.2) is 0 Å². The molecule has 2 heteroatoms. The summed E-state index contributed by atoms with van der Waals surface area (Å²) in [6.07, 6.45) is 4.99. The van der Waals surface area contributed by atoms with Gasteiger partial charge in [-0.15, -0.1) is 0 Å². The molecule has 2 atom stereocenters. The zero-order valence-corrected chi connectivity index (χ0v) is 11.3. The fourth-order valence-corrected chi connectivity index (χ4v) is 3.67. The largest absolute Gasteiger partial charge is 0.313 e. The molecule has 0 spiro atoms. The summed E-state index contributed by atoms with van der Waals surface area (Å²) in [6.45, 7) is 12.0. The van der Waals surface area contributed by atoms with Crippen LogP contribution < -0.4 is 5.32 Å². The van der Waals surface area contributed by atoms with Gasteiger partial charge in [0.05, 0.1) is 0 Å². The molecule has 0 aromatic heterocycles. The van der Waals surface area contributed by atoms with Gasteiger partial charge in [-0.2, -0.15) is 11.8 Å². The summed E-state index contributed by atoms with van der Waals surface area (Å²) in [5.74, 6) is 1.33. The van der Waals surface area contributed by atoms with Crippen LogP contribution in [0.4, 0.5) is 0 Å². The first-order chi connectivity index (χ1) is 7.12. The molecule has 1 aliphatic heterocycles. The molecule has 1 N–H and O–H groups in total. The first-order valence-electron chi connectivity index (χ1n) is 6.16. The predicted octanol–water partition coefficient (Wildman–Crippen LogP) is 3.61. The van der Waals surface area contributed by atoms with E-state index in [1.54, 1.807) is 0 Å².